The Balaban J connectivity index is 2.34. The maximum Gasteiger partial charge on any atom is 0.160 e. The average molecular weight is 276 g/mol. The molecule has 0 unspecified atom stereocenters. The molecule has 0 bridgehead atoms. The molecule has 0 radical (unpaired) electrons. The van der Waals surface area contributed by atoms with Crippen LogP contribution in [-0.2, 0) is 7.05 Å². The molecule has 19 heavy (non-hydrogen) atoms. The van der Waals surface area contributed by atoms with Gasteiger partial charge in [-0.1, -0.05) is 17.7 Å². The minimum atomic E-state index is -0.386. The lowest BCUT2D eigenvalue weighted by molar-refractivity contribution is 0.629. The van der Waals surface area contributed by atoms with Crippen molar-refractivity contribution in [1.29, 1.82) is 0 Å². The van der Waals surface area contributed by atoms with Crippen LogP contribution in [0.5, 0.6) is 0 Å². The third-order valence-electron chi connectivity index (χ3n) is 3.03. The zero-order valence-corrected chi connectivity index (χ0v) is 11.2. The first-order valence-corrected chi connectivity index (χ1v) is 6.19. The standard InChI is InChI=1S/C14H11ClFN3/c1-8-6-11-13(17-7-8)19(2)14(18-11)12-9(15)4-3-5-10(12)16/h3-7H,1-2H3. The highest BCUT2D eigenvalue weighted by molar-refractivity contribution is 6.33. The smallest absolute Gasteiger partial charge is 0.160 e. The van der Waals surface area contributed by atoms with E-state index in [2.05, 4.69) is 9.97 Å². The molecule has 0 N–H and O–H groups in total. The van der Waals surface area contributed by atoms with Gasteiger partial charge < -0.3 is 4.57 Å². The van der Waals surface area contributed by atoms with Crippen LogP contribution in [0.3, 0.4) is 0 Å². The van der Waals surface area contributed by atoms with E-state index >= 15 is 0 Å². The van der Waals surface area contributed by atoms with Crippen molar-refractivity contribution in [1.82, 2.24) is 14.5 Å². The van der Waals surface area contributed by atoms with Gasteiger partial charge in [0.25, 0.3) is 0 Å². The lowest BCUT2D eigenvalue weighted by Crippen LogP contribution is -1.96. The summed E-state index contributed by atoms with van der Waals surface area (Å²) in [7, 11) is 1.80. The Morgan fingerprint density at radius 1 is 1.32 bits per heavy atom. The van der Waals surface area contributed by atoms with E-state index < -0.39 is 0 Å². The highest BCUT2D eigenvalue weighted by atomic mass is 35.5. The zero-order valence-electron chi connectivity index (χ0n) is 10.5. The fourth-order valence-corrected chi connectivity index (χ4v) is 2.36. The van der Waals surface area contributed by atoms with Crippen LogP contribution in [0.1, 0.15) is 5.56 Å². The minimum absolute atomic E-state index is 0.308. The summed E-state index contributed by atoms with van der Waals surface area (Å²) >= 11 is 6.08. The number of hydrogen-bond acceptors (Lipinski definition) is 2. The summed E-state index contributed by atoms with van der Waals surface area (Å²) in [6, 6.07) is 6.52. The minimum Gasteiger partial charge on any atom is -0.312 e. The summed E-state index contributed by atoms with van der Waals surface area (Å²) in [5, 5.41) is 0.343. The van der Waals surface area contributed by atoms with E-state index in [9.17, 15) is 4.39 Å². The molecule has 0 amide bonds. The van der Waals surface area contributed by atoms with E-state index in [4.69, 9.17) is 11.6 Å². The maximum absolute atomic E-state index is 14.0. The molecule has 0 aliphatic heterocycles. The number of aryl methyl sites for hydroxylation is 2. The van der Waals surface area contributed by atoms with Gasteiger partial charge in [-0.3, -0.25) is 0 Å². The molecule has 3 nitrogen and oxygen atoms in total. The third-order valence-corrected chi connectivity index (χ3v) is 3.35. The Hall–Kier alpha value is -1.94. The SMILES string of the molecule is Cc1cnc2c(c1)nc(-c1c(F)cccc1Cl)n2C. The van der Waals surface area contributed by atoms with Gasteiger partial charge in [0.05, 0.1) is 10.6 Å². The number of aromatic nitrogens is 3. The summed E-state index contributed by atoms with van der Waals surface area (Å²) in [5.41, 5.74) is 2.76. The highest BCUT2D eigenvalue weighted by Gasteiger charge is 2.17. The van der Waals surface area contributed by atoms with E-state index in [0.29, 0.717) is 22.1 Å². The summed E-state index contributed by atoms with van der Waals surface area (Å²) < 4.78 is 15.7. The van der Waals surface area contributed by atoms with Crippen molar-refractivity contribution in [2.45, 2.75) is 6.92 Å². The van der Waals surface area contributed by atoms with Crippen molar-refractivity contribution in [2.75, 3.05) is 0 Å². The number of pyridine rings is 1. The van der Waals surface area contributed by atoms with E-state index in [0.717, 1.165) is 11.1 Å². The first-order valence-electron chi connectivity index (χ1n) is 5.81. The Bertz CT molecular complexity index is 759. The van der Waals surface area contributed by atoms with Crippen molar-refractivity contribution >= 4 is 22.8 Å². The third kappa shape index (κ3) is 1.88. The Kier molecular flexibility index (Phi) is 2.75. The number of benzene rings is 1. The van der Waals surface area contributed by atoms with Crippen molar-refractivity contribution in [3.63, 3.8) is 0 Å². The Morgan fingerprint density at radius 2 is 2.11 bits per heavy atom. The van der Waals surface area contributed by atoms with Gasteiger partial charge in [-0.05, 0) is 30.7 Å². The first kappa shape index (κ1) is 12.1. The lowest BCUT2D eigenvalue weighted by atomic mass is 10.2. The molecular formula is C14H11ClFN3. The highest BCUT2D eigenvalue weighted by Crippen LogP contribution is 2.31. The summed E-state index contributed by atoms with van der Waals surface area (Å²) in [6.45, 7) is 1.94. The molecule has 0 atom stereocenters. The number of hydrogen-bond donors (Lipinski definition) is 0. The number of imidazole rings is 1. The van der Waals surface area contributed by atoms with Gasteiger partial charge in [0.15, 0.2) is 5.65 Å². The topological polar surface area (TPSA) is 30.7 Å². The van der Waals surface area contributed by atoms with E-state index in [1.54, 1.807) is 29.9 Å². The largest absolute Gasteiger partial charge is 0.312 e. The predicted molar refractivity (Wildman–Crippen MR) is 73.7 cm³/mol. The maximum atomic E-state index is 14.0. The van der Waals surface area contributed by atoms with Gasteiger partial charge in [-0.15, -0.1) is 0 Å². The zero-order chi connectivity index (χ0) is 13.6. The number of nitrogens with zero attached hydrogens (tertiary/aromatic N) is 3. The molecule has 0 saturated heterocycles. The van der Waals surface area contributed by atoms with E-state index in [1.807, 2.05) is 13.0 Å². The predicted octanol–water partition coefficient (Wildman–Crippen LogP) is 3.74. The molecule has 0 spiro atoms. The number of fused-ring (bicyclic) bond motifs is 1. The van der Waals surface area contributed by atoms with Crippen LogP contribution in [0.15, 0.2) is 30.5 Å². The molecule has 0 saturated carbocycles. The quantitative estimate of drug-likeness (QED) is 0.677. The molecule has 0 aliphatic carbocycles. The molecule has 2 aromatic heterocycles. The normalized spacial score (nSPS) is 11.2. The Morgan fingerprint density at radius 3 is 2.84 bits per heavy atom. The van der Waals surface area contributed by atoms with Gasteiger partial charge in [-0.25, -0.2) is 14.4 Å². The second kappa shape index (κ2) is 4.31. The molecule has 0 fully saturated rings. The van der Waals surface area contributed by atoms with Crippen molar-refractivity contribution in [3.8, 4) is 11.4 Å². The van der Waals surface area contributed by atoms with Gasteiger partial charge >= 0.3 is 0 Å². The Labute approximate surface area is 114 Å². The molecule has 5 heteroatoms. The molecule has 96 valence electrons. The molecule has 1 aromatic carbocycles. The molecular weight excluding hydrogens is 265 g/mol. The van der Waals surface area contributed by atoms with Gasteiger partial charge in [0.2, 0.25) is 0 Å². The number of halogens is 2. The van der Waals surface area contributed by atoms with Crippen LogP contribution in [-0.4, -0.2) is 14.5 Å². The molecule has 3 rings (SSSR count). The van der Waals surface area contributed by atoms with Crippen LogP contribution in [0.2, 0.25) is 5.02 Å². The second-order valence-corrected chi connectivity index (χ2v) is 4.85. The van der Waals surface area contributed by atoms with E-state index in [-0.39, 0.29) is 5.82 Å². The monoisotopic (exact) mass is 275 g/mol. The summed E-state index contributed by atoms with van der Waals surface area (Å²) in [4.78, 5) is 8.76. The van der Waals surface area contributed by atoms with Gasteiger partial charge in [-0.2, -0.15) is 0 Å². The van der Waals surface area contributed by atoms with Crippen molar-refractivity contribution < 1.29 is 4.39 Å². The first-order chi connectivity index (χ1) is 9.08. The average Bonchev–Trinajstić information content (AvgIpc) is 2.66. The van der Waals surface area contributed by atoms with Crippen LogP contribution in [0, 0.1) is 12.7 Å². The van der Waals surface area contributed by atoms with Crippen LogP contribution in [0.4, 0.5) is 4.39 Å². The van der Waals surface area contributed by atoms with E-state index in [1.165, 1.54) is 6.07 Å². The molecule has 2 heterocycles. The lowest BCUT2D eigenvalue weighted by Gasteiger charge is -2.05. The number of rotatable bonds is 1. The van der Waals surface area contributed by atoms with Crippen LogP contribution in [0.25, 0.3) is 22.6 Å². The van der Waals surface area contributed by atoms with Gasteiger partial charge in [0, 0.05) is 13.2 Å². The molecule has 3 aromatic rings. The molecule has 0 aliphatic rings. The summed E-state index contributed by atoms with van der Waals surface area (Å²) in [6.07, 6.45) is 1.76. The van der Waals surface area contributed by atoms with Crippen LogP contribution >= 0.6 is 11.6 Å². The second-order valence-electron chi connectivity index (χ2n) is 4.45. The fourth-order valence-electron chi connectivity index (χ4n) is 2.11. The van der Waals surface area contributed by atoms with Crippen molar-refractivity contribution in [2.24, 2.45) is 7.05 Å². The van der Waals surface area contributed by atoms with Crippen LogP contribution < -0.4 is 0 Å². The van der Waals surface area contributed by atoms with Crippen molar-refractivity contribution in [3.05, 3.63) is 46.9 Å². The summed E-state index contributed by atoms with van der Waals surface area (Å²) in [5.74, 6) is 0.0961. The van der Waals surface area contributed by atoms with Gasteiger partial charge in [0.1, 0.15) is 17.2 Å². The fraction of sp³-hybridized carbons (Fsp3) is 0.143.